The molecule has 0 radical (unpaired) electrons. The molecule has 0 aliphatic carbocycles. The Hall–Kier alpha value is -3.35. The molecule has 1 aliphatic rings. The van der Waals surface area contributed by atoms with Gasteiger partial charge in [-0.05, 0) is 67.3 Å². The maximum absolute atomic E-state index is 12.1. The number of piperidine rings is 1. The molecule has 0 atom stereocenters. The van der Waals surface area contributed by atoms with Crippen molar-refractivity contribution in [2.24, 2.45) is 5.92 Å². The first-order chi connectivity index (χ1) is 14.2. The molecule has 1 saturated heterocycles. The van der Waals surface area contributed by atoms with E-state index in [0.29, 0.717) is 18.1 Å². The van der Waals surface area contributed by atoms with Gasteiger partial charge in [0, 0.05) is 24.5 Å². The van der Waals surface area contributed by atoms with Crippen LogP contribution in [0.25, 0.3) is 0 Å². The van der Waals surface area contributed by atoms with Crippen LogP contribution in [0.1, 0.15) is 36.0 Å². The number of nitrogens with one attached hydrogen (secondary N) is 2. The van der Waals surface area contributed by atoms with E-state index in [-0.39, 0.29) is 11.6 Å². The van der Waals surface area contributed by atoms with Crippen molar-refractivity contribution in [2.45, 2.75) is 26.3 Å². The molecule has 7 nitrogen and oxygen atoms in total. The normalized spacial score (nSPS) is 14.6. The number of anilines is 3. The fourth-order valence-corrected chi connectivity index (χ4v) is 3.36. The minimum Gasteiger partial charge on any atom is -0.467 e. The number of hydrogen-bond acceptors (Lipinski definition) is 6. The topological polar surface area (TPSA) is 83.3 Å². The summed E-state index contributed by atoms with van der Waals surface area (Å²) in [5.74, 6) is 1.81. The highest BCUT2D eigenvalue weighted by Crippen LogP contribution is 2.25. The standard InChI is InChI=1S/C22H25N5O2/c1-16-10-12-27(13-11-16)18-6-4-17(5-7-18)24-21-9-8-20(25-26-21)22(28)23-15-19-3-2-14-29-19/h2-9,14,16H,10-13,15H2,1H3,(H,23,28)(H,24,26). The molecular weight excluding hydrogens is 366 g/mol. The van der Waals surface area contributed by atoms with E-state index in [1.165, 1.54) is 18.5 Å². The van der Waals surface area contributed by atoms with Crippen LogP contribution in [0, 0.1) is 5.92 Å². The molecular formula is C22H25N5O2. The van der Waals surface area contributed by atoms with Crippen LogP contribution in [0.4, 0.5) is 17.2 Å². The lowest BCUT2D eigenvalue weighted by Gasteiger charge is -2.32. The fraction of sp³-hybridized carbons (Fsp3) is 0.318. The van der Waals surface area contributed by atoms with Crippen LogP contribution in [0.5, 0.6) is 0 Å². The molecule has 29 heavy (non-hydrogen) atoms. The molecule has 4 rings (SSSR count). The zero-order valence-corrected chi connectivity index (χ0v) is 16.5. The molecule has 0 saturated carbocycles. The van der Waals surface area contributed by atoms with Crippen LogP contribution in [-0.2, 0) is 6.54 Å². The Morgan fingerprint density at radius 2 is 1.90 bits per heavy atom. The van der Waals surface area contributed by atoms with E-state index in [2.05, 4.69) is 44.8 Å². The minimum absolute atomic E-state index is 0.261. The van der Waals surface area contributed by atoms with Gasteiger partial charge in [0.05, 0.1) is 12.8 Å². The molecule has 3 aromatic rings. The number of hydrogen-bond donors (Lipinski definition) is 2. The number of nitrogens with zero attached hydrogens (tertiary/aromatic N) is 3. The smallest absolute Gasteiger partial charge is 0.272 e. The van der Waals surface area contributed by atoms with Gasteiger partial charge in [-0.15, -0.1) is 10.2 Å². The molecule has 2 N–H and O–H groups in total. The second-order valence-corrected chi connectivity index (χ2v) is 7.41. The third-order valence-corrected chi connectivity index (χ3v) is 5.19. The van der Waals surface area contributed by atoms with Gasteiger partial charge in [0.25, 0.3) is 5.91 Å². The number of amides is 1. The number of carbonyl (C=O) groups is 1. The molecule has 2 aromatic heterocycles. The van der Waals surface area contributed by atoms with Crippen molar-refractivity contribution in [2.75, 3.05) is 23.3 Å². The molecule has 7 heteroatoms. The van der Waals surface area contributed by atoms with Crippen molar-refractivity contribution in [1.82, 2.24) is 15.5 Å². The summed E-state index contributed by atoms with van der Waals surface area (Å²) in [5.41, 5.74) is 2.44. The summed E-state index contributed by atoms with van der Waals surface area (Å²) in [6, 6.07) is 15.3. The highest BCUT2D eigenvalue weighted by Gasteiger charge is 2.16. The monoisotopic (exact) mass is 391 g/mol. The predicted molar refractivity (Wildman–Crippen MR) is 112 cm³/mol. The Kier molecular flexibility index (Phi) is 5.74. The van der Waals surface area contributed by atoms with Gasteiger partial charge in [-0.1, -0.05) is 6.92 Å². The molecule has 3 heterocycles. The second kappa shape index (κ2) is 8.77. The van der Waals surface area contributed by atoms with Crippen LogP contribution in [0.3, 0.4) is 0 Å². The lowest BCUT2D eigenvalue weighted by atomic mass is 9.99. The molecule has 1 fully saturated rings. The molecule has 150 valence electrons. The second-order valence-electron chi connectivity index (χ2n) is 7.41. The summed E-state index contributed by atoms with van der Waals surface area (Å²) >= 11 is 0. The van der Waals surface area contributed by atoms with Gasteiger partial charge < -0.3 is 20.0 Å². The maximum atomic E-state index is 12.1. The Morgan fingerprint density at radius 1 is 1.10 bits per heavy atom. The average Bonchev–Trinajstić information content (AvgIpc) is 3.27. The van der Waals surface area contributed by atoms with Crippen molar-refractivity contribution in [3.8, 4) is 0 Å². The van der Waals surface area contributed by atoms with Gasteiger partial charge >= 0.3 is 0 Å². The maximum Gasteiger partial charge on any atom is 0.272 e. The van der Waals surface area contributed by atoms with E-state index < -0.39 is 0 Å². The zero-order chi connectivity index (χ0) is 20.1. The van der Waals surface area contributed by atoms with E-state index in [1.807, 2.05) is 12.1 Å². The summed E-state index contributed by atoms with van der Waals surface area (Å²) in [5, 5.41) is 14.1. The van der Waals surface area contributed by atoms with E-state index in [9.17, 15) is 4.79 Å². The third kappa shape index (κ3) is 4.93. The Balaban J connectivity index is 1.32. The Bertz CT molecular complexity index is 915. The van der Waals surface area contributed by atoms with Crippen molar-refractivity contribution in [3.63, 3.8) is 0 Å². The quantitative estimate of drug-likeness (QED) is 0.661. The Labute approximate surface area is 170 Å². The van der Waals surface area contributed by atoms with Gasteiger partial charge in [0.1, 0.15) is 5.76 Å². The fourth-order valence-electron chi connectivity index (χ4n) is 3.36. The van der Waals surface area contributed by atoms with E-state index in [1.54, 1.807) is 30.5 Å². The minimum atomic E-state index is -0.291. The van der Waals surface area contributed by atoms with Crippen LogP contribution in [-0.4, -0.2) is 29.2 Å². The highest BCUT2D eigenvalue weighted by atomic mass is 16.3. The Morgan fingerprint density at radius 3 is 2.55 bits per heavy atom. The van der Waals surface area contributed by atoms with Crippen molar-refractivity contribution in [3.05, 3.63) is 66.2 Å². The highest BCUT2D eigenvalue weighted by molar-refractivity contribution is 5.92. The van der Waals surface area contributed by atoms with E-state index in [0.717, 1.165) is 24.7 Å². The zero-order valence-electron chi connectivity index (χ0n) is 16.5. The summed E-state index contributed by atoms with van der Waals surface area (Å²) in [7, 11) is 0. The summed E-state index contributed by atoms with van der Waals surface area (Å²) in [6.07, 6.45) is 4.06. The first-order valence-corrected chi connectivity index (χ1v) is 9.94. The lowest BCUT2D eigenvalue weighted by molar-refractivity contribution is 0.0942. The number of aromatic nitrogens is 2. The molecule has 1 aliphatic heterocycles. The summed E-state index contributed by atoms with van der Waals surface area (Å²) < 4.78 is 5.19. The van der Waals surface area contributed by atoms with Crippen molar-refractivity contribution >= 4 is 23.1 Å². The summed E-state index contributed by atoms with van der Waals surface area (Å²) in [6.45, 7) is 4.86. The van der Waals surface area contributed by atoms with E-state index >= 15 is 0 Å². The van der Waals surface area contributed by atoms with Gasteiger partial charge in [0.15, 0.2) is 11.5 Å². The number of carbonyl (C=O) groups excluding carboxylic acids is 1. The van der Waals surface area contributed by atoms with Gasteiger partial charge in [-0.25, -0.2) is 0 Å². The molecule has 1 amide bonds. The molecule has 1 aromatic carbocycles. The number of benzene rings is 1. The average molecular weight is 391 g/mol. The van der Waals surface area contributed by atoms with E-state index in [4.69, 9.17) is 4.42 Å². The van der Waals surface area contributed by atoms with Crippen LogP contribution in [0.15, 0.2) is 59.2 Å². The lowest BCUT2D eigenvalue weighted by Crippen LogP contribution is -2.32. The SMILES string of the molecule is CC1CCN(c2ccc(Nc3ccc(C(=O)NCc4ccco4)nn3)cc2)CC1. The largest absolute Gasteiger partial charge is 0.467 e. The summed E-state index contributed by atoms with van der Waals surface area (Å²) in [4.78, 5) is 14.6. The van der Waals surface area contributed by atoms with Crippen molar-refractivity contribution in [1.29, 1.82) is 0 Å². The van der Waals surface area contributed by atoms with Crippen LogP contribution < -0.4 is 15.5 Å². The van der Waals surface area contributed by atoms with Crippen LogP contribution >= 0.6 is 0 Å². The van der Waals surface area contributed by atoms with Gasteiger partial charge in [0.2, 0.25) is 0 Å². The van der Waals surface area contributed by atoms with Crippen LogP contribution in [0.2, 0.25) is 0 Å². The third-order valence-electron chi connectivity index (χ3n) is 5.19. The molecule has 0 unspecified atom stereocenters. The molecule has 0 spiro atoms. The first-order valence-electron chi connectivity index (χ1n) is 9.94. The number of rotatable bonds is 6. The number of furan rings is 1. The van der Waals surface area contributed by atoms with Gasteiger partial charge in [-0.3, -0.25) is 4.79 Å². The van der Waals surface area contributed by atoms with Crippen molar-refractivity contribution < 1.29 is 9.21 Å². The molecule has 0 bridgehead atoms. The predicted octanol–water partition coefficient (Wildman–Crippen LogP) is 3.98. The van der Waals surface area contributed by atoms with Gasteiger partial charge in [-0.2, -0.15) is 0 Å². The first kappa shape index (κ1) is 19.0.